The Labute approximate surface area is 167 Å². The predicted octanol–water partition coefficient (Wildman–Crippen LogP) is 4.93. The highest BCUT2D eigenvalue weighted by molar-refractivity contribution is 5.92. The van der Waals surface area contributed by atoms with Gasteiger partial charge in [-0.1, -0.05) is 0 Å². The Morgan fingerprint density at radius 3 is 1.63 bits per heavy atom. The highest BCUT2D eigenvalue weighted by Crippen LogP contribution is 2.39. The Kier molecular flexibility index (Phi) is 6.73. The van der Waals surface area contributed by atoms with Crippen molar-refractivity contribution in [1.29, 1.82) is 0 Å². The van der Waals surface area contributed by atoms with Crippen molar-refractivity contribution in [3.63, 3.8) is 0 Å². The van der Waals surface area contributed by atoms with Crippen molar-refractivity contribution in [1.82, 2.24) is 0 Å². The maximum Gasteiger partial charge on any atom is 0.416 e. The van der Waals surface area contributed by atoms with E-state index in [4.69, 9.17) is 14.2 Å². The standard InChI is InChI=1S/C19H17F6NO4/c1-28-14-4-10(5-15(29-2)17(14)30-3)6-16(27)26-13-8-11(18(20,21)22)7-12(9-13)19(23,24)25/h4-5,7-9H,6H2,1-3H3,(H,26,27). The third-order valence-electron chi connectivity index (χ3n) is 3.96. The highest BCUT2D eigenvalue weighted by atomic mass is 19.4. The second-order valence-electron chi connectivity index (χ2n) is 6.05. The first kappa shape index (κ1) is 23.2. The van der Waals surface area contributed by atoms with E-state index in [1.54, 1.807) is 0 Å². The lowest BCUT2D eigenvalue weighted by atomic mass is 10.1. The average Bonchev–Trinajstić information content (AvgIpc) is 2.65. The van der Waals surface area contributed by atoms with Crippen molar-refractivity contribution in [3.05, 3.63) is 47.0 Å². The molecule has 0 heterocycles. The van der Waals surface area contributed by atoms with Crippen LogP contribution in [0.4, 0.5) is 32.0 Å². The third-order valence-corrected chi connectivity index (χ3v) is 3.96. The van der Waals surface area contributed by atoms with Crippen LogP contribution < -0.4 is 19.5 Å². The molecule has 0 aliphatic rings. The van der Waals surface area contributed by atoms with Crippen LogP contribution in [0, 0.1) is 0 Å². The van der Waals surface area contributed by atoms with Crippen molar-refractivity contribution >= 4 is 11.6 Å². The summed E-state index contributed by atoms with van der Waals surface area (Å²) in [6.45, 7) is 0. The van der Waals surface area contributed by atoms with E-state index in [2.05, 4.69) is 5.32 Å². The zero-order chi connectivity index (χ0) is 22.7. The lowest BCUT2D eigenvalue weighted by Gasteiger charge is -2.16. The summed E-state index contributed by atoms with van der Waals surface area (Å²) in [6.07, 6.45) is -10.4. The minimum atomic E-state index is -5.02. The van der Waals surface area contributed by atoms with Gasteiger partial charge in [0.05, 0.1) is 38.9 Å². The minimum absolute atomic E-state index is 0.0190. The predicted molar refractivity (Wildman–Crippen MR) is 94.9 cm³/mol. The van der Waals surface area contributed by atoms with Gasteiger partial charge in [0, 0.05) is 5.69 Å². The Balaban J connectivity index is 2.32. The summed E-state index contributed by atoms with van der Waals surface area (Å²) < 4.78 is 93.1. The molecule has 5 nitrogen and oxygen atoms in total. The van der Waals surface area contributed by atoms with Crippen LogP contribution >= 0.6 is 0 Å². The molecule has 0 unspecified atom stereocenters. The third kappa shape index (κ3) is 5.49. The average molecular weight is 437 g/mol. The van der Waals surface area contributed by atoms with Crippen molar-refractivity contribution in [3.8, 4) is 17.2 Å². The van der Waals surface area contributed by atoms with Gasteiger partial charge >= 0.3 is 12.4 Å². The topological polar surface area (TPSA) is 56.8 Å². The van der Waals surface area contributed by atoms with E-state index in [1.165, 1.54) is 33.5 Å². The molecule has 0 saturated heterocycles. The Bertz CT molecular complexity index is 867. The van der Waals surface area contributed by atoms with Crippen molar-refractivity contribution in [2.75, 3.05) is 26.6 Å². The van der Waals surface area contributed by atoms with Crippen LogP contribution in [-0.2, 0) is 23.6 Å². The molecule has 2 aromatic carbocycles. The normalized spacial score (nSPS) is 11.8. The van der Waals surface area contributed by atoms with Crippen LogP contribution in [0.5, 0.6) is 17.2 Å². The number of benzene rings is 2. The summed E-state index contributed by atoms with van der Waals surface area (Å²) in [7, 11) is 4.07. The Morgan fingerprint density at radius 1 is 0.800 bits per heavy atom. The molecule has 0 aliphatic heterocycles. The van der Waals surface area contributed by atoms with Crippen molar-refractivity contribution in [2.45, 2.75) is 18.8 Å². The second kappa shape index (κ2) is 8.72. The van der Waals surface area contributed by atoms with Crippen LogP contribution in [0.1, 0.15) is 16.7 Å². The number of amides is 1. The molecule has 2 rings (SSSR count). The fourth-order valence-electron chi connectivity index (χ4n) is 2.66. The summed E-state index contributed by atoms with van der Waals surface area (Å²) in [5.74, 6) is -0.107. The van der Waals surface area contributed by atoms with Crippen molar-refractivity contribution in [2.24, 2.45) is 0 Å². The van der Waals surface area contributed by atoms with Crippen LogP contribution in [0.15, 0.2) is 30.3 Å². The fourth-order valence-corrected chi connectivity index (χ4v) is 2.66. The Hall–Kier alpha value is -3.11. The van der Waals surface area contributed by atoms with E-state index in [-0.39, 0.29) is 29.7 Å². The molecule has 0 bridgehead atoms. The van der Waals surface area contributed by atoms with E-state index >= 15 is 0 Å². The van der Waals surface area contributed by atoms with E-state index in [9.17, 15) is 31.1 Å². The van der Waals surface area contributed by atoms with Gasteiger partial charge in [0.2, 0.25) is 11.7 Å². The van der Waals surface area contributed by atoms with E-state index in [0.717, 1.165) is 0 Å². The van der Waals surface area contributed by atoms with Crippen LogP contribution in [0.3, 0.4) is 0 Å². The largest absolute Gasteiger partial charge is 0.493 e. The maximum absolute atomic E-state index is 12.9. The summed E-state index contributed by atoms with van der Waals surface area (Å²) in [5, 5.41) is 2.07. The number of methoxy groups -OCH3 is 3. The molecular weight excluding hydrogens is 420 g/mol. The molecule has 0 saturated carbocycles. The number of rotatable bonds is 6. The summed E-state index contributed by atoms with van der Waals surface area (Å²) in [5.41, 5.74) is -3.35. The molecule has 164 valence electrons. The van der Waals surface area contributed by atoms with E-state index < -0.39 is 35.1 Å². The first-order valence-electron chi connectivity index (χ1n) is 8.27. The van der Waals surface area contributed by atoms with Gasteiger partial charge in [-0.2, -0.15) is 26.3 Å². The number of alkyl halides is 6. The molecular formula is C19H17F6NO4. The van der Waals surface area contributed by atoms with Crippen LogP contribution in [0.25, 0.3) is 0 Å². The second-order valence-corrected chi connectivity index (χ2v) is 6.05. The van der Waals surface area contributed by atoms with Gasteiger partial charge in [0.1, 0.15) is 0 Å². The monoisotopic (exact) mass is 437 g/mol. The SMILES string of the molecule is COc1cc(CC(=O)Nc2cc(C(F)(F)F)cc(C(F)(F)F)c2)cc(OC)c1OC. The number of halogens is 6. The van der Waals surface area contributed by atoms with Gasteiger partial charge in [0.25, 0.3) is 0 Å². The van der Waals surface area contributed by atoms with Crippen LogP contribution in [0.2, 0.25) is 0 Å². The molecule has 0 aliphatic carbocycles. The number of anilines is 1. The molecule has 11 heteroatoms. The van der Waals surface area contributed by atoms with Gasteiger partial charge in [-0.3, -0.25) is 4.79 Å². The molecule has 0 spiro atoms. The number of carbonyl (C=O) groups is 1. The fraction of sp³-hybridized carbons (Fsp3) is 0.316. The maximum atomic E-state index is 12.9. The first-order valence-corrected chi connectivity index (χ1v) is 8.27. The lowest BCUT2D eigenvalue weighted by Crippen LogP contribution is -2.17. The molecule has 1 amide bonds. The number of hydrogen-bond acceptors (Lipinski definition) is 4. The van der Waals surface area contributed by atoms with Gasteiger partial charge in [-0.15, -0.1) is 0 Å². The molecule has 1 N–H and O–H groups in total. The van der Waals surface area contributed by atoms with Gasteiger partial charge in [0.15, 0.2) is 11.5 Å². The van der Waals surface area contributed by atoms with Gasteiger partial charge in [-0.25, -0.2) is 0 Å². The number of carbonyl (C=O) groups excluding carboxylic acids is 1. The van der Waals surface area contributed by atoms with Gasteiger partial charge in [-0.05, 0) is 35.9 Å². The quantitative estimate of drug-likeness (QED) is 0.652. The van der Waals surface area contributed by atoms with Crippen LogP contribution in [-0.4, -0.2) is 27.2 Å². The minimum Gasteiger partial charge on any atom is -0.493 e. The lowest BCUT2D eigenvalue weighted by molar-refractivity contribution is -0.143. The molecule has 2 aromatic rings. The summed E-state index contributed by atoms with van der Waals surface area (Å²) >= 11 is 0. The van der Waals surface area contributed by atoms with Crippen molar-refractivity contribution < 1.29 is 45.3 Å². The first-order chi connectivity index (χ1) is 13.9. The zero-order valence-corrected chi connectivity index (χ0v) is 16.0. The van der Waals surface area contributed by atoms with E-state index in [0.29, 0.717) is 17.7 Å². The molecule has 0 fully saturated rings. The summed E-state index contributed by atoms with van der Waals surface area (Å²) in [6, 6.07) is 3.72. The van der Waals surface area contributed by atoms with Gasteiger partial charge < -0.3 is 19.5 Å². The summed E-state index contributed by atoms with van der Waals surface area (Å²) in [4.78, 5) is 12.3. The number of hydrogen-bond donors (Lipinski definition) is 1. The molecule has 0 radical (unpaired) electrons. The Morgan fingerprint density at radius 2 is 1.27 bits per heavy atom. The highest BCUT2D eigenvalue weighted by Gasteiger charge is 2.37. The molecule has 0 aromatic heterocycles. The molecule has 0 atom stereocenters. The van der Waals surface area contributed by atoms with E-state index in [1.807, 2.05) is 0 Å². The zero-order valence-electron chi connectivity index (χ0n) is 16.0. The number of nitrogens with one attached hydrogen (secondary N) is 1. The smallest absolute Gasteiger partial charge is 0.416 e. The number of ether oxygens (including phenoxy) is 3. The molecule has 30 heavy (non-hydrogen) atoms.